The Morgan fingerprint density at radius 2 is 1.85 bits per heavy atom. The van der Waals surface area contributed by atoms with E-state index < -0.39 is 0 Å². The molecule has 3 rings (SSSR count). The average molecular weight is 368 g/mol. The van der Waals surface area contributed by atoms with Crippen LogP contribution in [0.5, 0.6) is 0 Å². The fourth-order valence-electron chi connectivity index (χ4n) is 2.54. The van der Waals surface area contributed by atoms with Crippen molar-refractivity contribution in [3.63, 3.8) is 0 Å². The predicted molar refractivity (Wildman–Crippen MR) is 101 cm³/mol. The minimum atomic E-state index is -0.325. The maximum Gasteiger partial charge on any atom is 0.337 e. The van der Waals surface area contributed by atoms with E-state index in [4.69, 9.17) is 4.74 Å². The van der Waals surface area contributed by atoms with Crippen molar-refractivity contribution >= 4 is 17.7 Å². The van der Waals surface area contributed by atoms with Crippen LogP contribution < -0.4 is 0 Å². The van der Waals surface area contributed by atoms with Gasteiger partial charge in [-0.05, 0) is 36.2 Å². The summed E-state index contributed by atoms with van der Waals surface area (Å²) >= 11 is 1.63. The molecule has 0 fully saturated rings. The molecule has 0 amide bonds. The molecule has 0 atom stereocenters. The van der Waals surface area contributed by atoms with Gasteiger partial charge in [0, 0.05) is 30.3 Å². The normalized spacial score (nSPS) is 10.7. The Labute approximate surface area is 156 Å². The van der Waals surface area contributed by atoms with Gasteiger partial charge in [0.15, 0.2) is 11.0 Å². The average Bonchev–Trinajstić information content (AvgIpc) is 3.10. The highest BCUT2D eigenvalue weighted by Gasteiger charge is 2.14. The Morgan fingerprint density at radius 3 is 2.50 bits per heavy atom. The number of benzene rings is 1. The van der Waals surface area contributed by atoms with Gasteiger partial charge in [-0.25, -0.2) is 4.79 Å². The summed E-state index contributed by atoms with van der Waals surface area (Å²) in [4.78, 5) is 15.6. The fourth-order valence-corrected chi connectivity index (χ4v) is 3.46. The summed E-state index contributed by atoms with van der Waals surface area (Å²) in [5.41, 5.74) is 2.67. The maximum atomic E-state index is 11.5. The van der Waals surface area contributed by atoms with E-state index in [1.54, 1.807) is 36.3 Å². The standard InChI is InChI=1S/C19H20N4O2S/c1-3-12-23-17(15-8-10-20-11-9-15)21-22-19(23)26-13-14-4-6-16(7-5-14)18(24)25-2/h4-11H,3,12-13H2,1-2H3. The van der Waals surface area contributed by atoms with Crippen LogP contribution >= 0.6 is 11.8 Å². The van der Waals surface area contributed by atoms with E-state index in [9.17, 15) is 4.79 Å². The second-order valence-corrected chi connectivity index (χ2v) is 6.61. The number of carbonyl (C=O) groups is 1. The Bertz CT molecular complexity index is 863. The topological polar surface area (TPSA) is 69.9 Å². The number of nitrogens with zero attached hydrogens (tertiary/aromatic N) is 4. The molecule has 2 aromatic heterocycles. The molecule has 2 heterocycles. The monoisotopic (exact) mass is 368 g/mol. The maximum absolute atomic E-state index is 11.5. The molecule has 134 valence electrons. The van der Waals surface area contributed by atoms with Crippen LogP contribution in [0.1, 0.15) is 29.3 Å². The third kappa shape index (κ3) is 4.11. The van der Waals surface area contributed by atoms with Crippen molar-refractivity contribution < 1.29 is 9.53 Å². The van der Waals surface area contributed by atoms with Crippen molar-refractivity contribution in [3.05, 3.63) is 59.9 Å². The van der Waals surface area contributed by atoms with Crippen molar-refractivity contribution in [2.75, 3.05) is 7.11 Å². The lowest BCUT2D eigenvalue weighted by molar-refractivity contribution is 0.0600. The van der Waals surface area contributed by atoms with Gasteiger partial charge >= 0.3 is 5.97 Å². The van der Waals surface area contributed by atoms with Gasteiger partial charge in [-0.2, -0.15) is 0 Å². The molecule has 0 aliphatic rings. The zero-order chi connectivity index (χ0) is 18.4. The fraction of sp³-hybridized carbons (Fsp3) is 0.263. The van der Waals surface area contributed by atoms with Crippen molar-refractivity contribution in [1.29, 1.82) is 0 Å². The summed E-state index contributed by atoms with van der Waals surface area (Å²) in [6, 6.07) is 11.3. The number of rotatable bonds is 7. The van der Waals surface area contributed by atoms with E-state index >= 15 is 0 Å². The van der Waals surface area contributed by atoms with E-state index in [-0.39, 0.29) is 5.97 Å². The van der Waals surface area contributed by atoms with E-state index in [1.807, 2.05) is 24.3 Å². The largest absolute Gasteiger partial charge is 0.465 e. The lowest BCUT2D eigenvalue weighted by Crippen LogP contribution is -2.02. The number of aromatic nitrogens is 4. The van der Waals surface area contributed by atoms with Gasteiger partial charge in [-0.1, -0.05) is 30.8 Å². The SMILES string of the molecule is CCCn1c(SCc2ccc(C(=O)OC)cc2)nnc1-c1ccncc1. The summed E-state index contributed by atoms with van der Waals surface area (Å²) in [6.45, 7) is 2.99. The van der Waals surface area contributed by atoms with E-state index in [0.29, 0.717) is 5.56 Å². The van der Waals surface area contributed by atoms with Crippen molar-refractivity contribution in [2.24, 2.45) is 0 Å². The molecule has 7 heteroatoms. The molecule has 0 aliphatic heterocycles. The molecule has 26 heavy (non-hydrogen) atoms. The van der Waals surface area contributed by atoms with E-state index in [2.05, 4.69) is 26.7 Å². The number of hydrogen-bond acceptors (Lipinski definition) is 6. The quantitative estimate of drug-likeness (QED) is 0.466. The van der Waals surface area contributed by atoms with Gasteiger partial charge in [0.25, 0.3) is 0 Å². The minimum absolute atomic E-state index is 0.325. The van der Waals surface area contributed by atoms with Crippen LogP contribution in [0.3, 0.4) is 0 Å². The van der Waals surface area contributed by atoms with Crippen molar-refractivity contribution in [3.8, 4) is 11.4 Å². The highest BCUT2D eigenvalue weighted by atomic mass is 32.2. The van der Waals surface area contributed by atoms with Crippen molar-refractivity contribution in [1.82, 2.24) is 19.7 Å². The van der Waals surface area contributed by atoms with Crippen LogP contribution in [0.4, 0.5) is 0 Å². The number of thioether (sulfide) groups is 1. The smallest absolute Gasteiger partial charge is 0.337 e. The molecule has 0 saturated carbocycles. The molecule has 1 aromatic carbocycles. The summed E-state index contributed by atoms with van der Waals surface area (Å²) in [6.07, 6.45) is 4.52. The van der Waals surface area contributed by atoms with Gasteiger partial charge in [-0.15, -0.1) is 10.2 Å². The molecule has 0 radical (unpaired) electrons. The molecule has 0 saturated heterocycles. The number of ether oxygens (including phenoxy) is 1. The lowest BCUT2D eigenvalue weighted by atomic mass is 10.1. The van der Waals surface area contributed by atoms with Crippen molar-refractivity contribution in [2.45, 2.75) is 30.8 Å². The molecular weight excluding hydrogens is 348 g/mol. The molecule has 0 N–H and O–H groups in total. The van der Waals surface area contributed by atoms with Gasteiger partial charge in [-0.3, -0.25) is 4.98 Å². The predicted octanol–water partition coefficient (Wildman–Crippen LogP) is 3.83. The highest BCUT2D eigenvalue weighted by Crippen LogP contribution is 2.26. The number of hydrogen-bond donors (Lipinski definition) is 0. The molecule has 6 nitrogen and oxygen atoms in total. The zero-order valence-corrected chi connectivity index (χ0v) is 15.6. The van der Waals surface area contributed by atoms with Gasteiger partial charge in [0.2, 0.25) is 0 Å². The third-order valence-electron chi connectivity index (χ3n) is 3.85. The number of pyridine rings is 1. The van der Waals surface area contributed by atoms with Crippen LogP contribution in [-0.4, -0.2) is 32.8 Å². The Balaban J connectivity index is 1.75. The number of methoxy groups -OCH3 is 1. The summed E-state index contributed by atoms with van der Waals surface area (Å²) in [5.74, 6) is 1.28. The first-order valence-electron chi connectivity index (χ1n) is 8.36. The van der Waals surface area contributed by atoms with Crippen LogP contribution in [0, 0.1) is 0 Å². The molecule has 0 spiro atoms. The first kappa shape index (κ1) is 18.1. The van der Waals surface area contributed by atoms with Gasteiger partial charge in [0.05, 0.1) is 12.7 Å². The first-order valence-corrected chi connectivity index (χ1v) is 9.35. The molecule has 0 unspecified atom stereocenters. The molecular formula is C19H20N4O2S. The van der Waals surface area contributed by atoms with Crippen LogP contribution in [0.15, 0.2) is 53.9 Å². The lowest BCUT2D eigenvalue weighted by Gasteiger charge is -2.09. The van der Waals surface area contributed by atoms with Gasteiger partial charge in [0.1, 0.15) is 0 Å². The summed E-state index contributed by atoms with van der Waals surface area (Å²) in [7, 11) is 1.38. The Hall–Kier alpha value is -2.67. The summed E-state index contributed by atoms with van der Waals surface area (Å²) < 4.78 is 6.86. The third-order valence-corrected chi connectivity index (χ3v) is 4.88. The van der Waals surface area contributed by atoms with E-state index in [0.717, 1.165) is 40.8 Å². The van der Waals surface area contributed by atoms with Gasteiger partial charge < -0.3 is 9.30 Å². The second-order valence-electron chi connectivity index (χ2n) is 5.67. The molecule has 3 aromatic rings. The van der Waals surface area contributed by atoms with Crippen LogP contribution in [-0.2, 0) is 17.0 Å². The second kappa shape index (κ2) is 8.62. The highest BCUT2D eigenvalue weighted by molar-refractivity contribution is 7.98. The summed E-state index contributed by atoms with van der Waals surface area (Å²) in [5, 5.41) is 9.62. The van der Waals surface area contributed by atoms with E-state index in [1.165, 1.54) is 7.11 Å². The Kier molecular flexibility index (Phi) is 6.01. The van der Waals surface area contributed by atoms with Crippen LogP contribution in [0.25, 0.3) is 11.4 Å². The number of esters is 1. The zero-order valence-electron chi connectivity index (χ0n) is 14.8. The Morgan fingerprint density at radius 1 is 1.12 bits per heavy atom. The first-order chi connectivity index (χ1) is 12.7. The van der Waals surface area contributed by atoms with Crippen LogP contribution in [0.2, 0.25) is 0 Å². The molecule has 0 bridgehead atoms. The minimum Gasteiger partial charge on any atom is -0.465 e. The number of carbonyl (C=O) groups excluding carboxylic acids is 1. The molecule has 0 aliphatic carbocycles.